The molecule has 1 unspecified atom stereocenters. The van der Waals surface area contributed by atoms with Gasteiger partial charge in [0.05, 0.1) is 12.2 Å². The van der Waals surface area contributed by atoms with Gasteiger partial charge < -0.3 is 10.8 Å². The fourth-order valence-electron chi connectivity index (χ4n) is 1.28. The van der Waals surface area contributed by atoms with Gasteiger partial charge in [-0.3, -0.25) is 0 Å². The minimum atomic E-state index is -4.40. The van der Waals surface area contributed by atoms with Crippen molar-refractivity contribution in [3.8, 4) is 0 Å². The first-order chi connectivity index (χ1) is 7.88. The van der Waals surface area contributed by atoms with E-state index in [0.29, 0.717) is 5.56 Å². The van der Waals surface area contributed by atoms with Gasteiger partial charge in [0.25, 0.3) is 0 Å². The van der Waals surface area contributed by atoms with Crippen LogP contribution < -0.4 is 5.73 Å². The molecule has 1 aromatic carbocycles. The summed E-state index contributed by atoms with van der Waals surface area (Å²) in [7, 11) is 0. The van der Waals surface area contributed by atoms with Crippen molar-refractivity contribution in [3.05, 3.63) is 29.3 Å². The lowest BCUT2D eigenvalue weighted by atomic mass is 10.1. The molecule has 0 spiro atoms. The molecule has 1 atom stereocenters. The van der Waals surface area contributed by atoms with E-state index >= 15 is 0 Å². The predicted molar refractivity (Wildman–Crippen MR) is 61.7 cm³/mol. The van der Waals surface area contributed by atoms with Crippen LogP contribution in [0.2, 0.25) is 0 Å². The lowest BCUT2D eigenvalue weighted by Crippen LogP contribution is -2.11. The molecule has 0 fully saturated rings. The van der Waals surface area contributed by atoms with E-state index in [1.807, 2.05) is 0 Å². The number of thioether (sulfide) groups is 1. The number of aliphatic hydroxyl groups excluding tert-OH is 1. The van der Waals surface area contributed by atoms with Crippen LogP contribution in [0.5, 0.6) is 0 Å². The van der Waals surface area contributed by atoms with E-state index in [4.69, 9.17) is 10.8 Å². The number of hydrogen-bond donors (Lipinski definition) is 2. The van der Waals surface area contributed by atoms with E-state index in [2.05, 4.69) is 0 Å². The molecule has 0 radical (unpaired) electrons. The zero-order chi connectivity index (χ0) is 13.1. The van der Waals surface area contributed by atoms with Crippen molar-refractivity contribution in [2.45, 2.75) is 29.8 Å². The van der Waals surface area contributed by atoms with E-state index in [1.54, 1.807) is 13.0 Å². The second kappa shape index (κ2) is 5.75. The molecule has 17 heavy (non-hydrogen) atoms. The Hall–Kier alpha value is -0.720. The molecule has 0 aliphatic rings. The van der Waals surface area contributed by atoms with Crippen LogP contribution in [-0.2, 0) is 12.7 Å². The van der Waals surface area contributed by atoms with Crippen molar-refractivity contribution in [3.63, 3.8) is 0 Å². The van der Waals surface area contributed by atoms with Gasteiger partial charge in [0.15, 0.2) is 0 Å². The van der Waals surface area contributed by atoms with Crippen LogP contribution in [-0.4, -0.2) is 17.0 Å². The third-order valence-electron chi connectivity index (χ3n) is 2.17. The molecule has 0 aromatic heterocycles. The van der Waals surface area contributed by atoms with Gasteiger partial charge >= 0.3 is 6.18 Å². The number of rotatable bonds is 4. The van der Waals surface area contributed by atoms with Gasteiger partial charge in [-0.1, -0.05) is 13.0 Å². The molecule has 0 aliphatic carbocycles. The zero-order valence-corrected chi connectivity index (χ0v) is 10.1. The molecule has 0 saturated carbocycles. The van der Waals surface area contributed by atoms with Gasteiger partial charge in [-0.15, -0.1) is 11.8 Å². The van der Waals surface area contributed by atoms with E-state index in [9.17, 15) is 13.2 Å². The van der Waals surface area contributed by atoms with Gasteiger partial charge in [-0.25, -0.2) is 0 Å². The van der Waals surface area contributed by atoms with Crippen LogP contribution in [0.25, 0.3) is 0 Å². The third kappa shape index (κ3) is 3.90. The molecule has 0 amide bonds. The van der Waals surface area contributed by atoms with E-state index in [1.165, 1.54) is 6.07 Å². The highest BCUT2D eigenvalue weighted by Gasteiger charge is 2.34. The lowest BCUT2D eigenvalue weighted by molar-refractivity contribution is -0.139. The van der Waals surface area contributed by atoms with Gasteiger partial charge in [0.1, 0.15) is 0 Å². The van der Waals surface area contributed by atoms with Crippen molar-refractivity contribution in [2.24, 2.45) is 5.73 Å². The van der Waals surface area contributed by atoms with Gasteiger partial charge in [-0.2, -0.15) is 13.2 Å². The van der Waals surface area contributed by atoms with Crippen molar-refractivity contribution < 1.29 is 18.3 Å². The topological polar surface area (TPSA) is 46.2 Å². The summed E-state index contributed by atoms with van der Waals surface area (Å²) >= 11 is 1.01. The van der Waals surface area contributed by atoms with Crippen molar-refractivity contribution in [1.29, 1.82) is 0 Å². The van der Waals surface area contributed by atoms with Gasteiger partial charge in [0, 0.05) is 16.7 Å². The van der Waals surface area contributed by atoms with Crippen molar-refractivity contribution in [2.75, 3.05) is 6.61 Å². The van der Waals surface area contributed by atoms with Gasteiger partial charge in [0.2, 0.25) is 0 Å². The zero-order valence-electron chi connectivity index (χ0n) is 9.29. The number of hydrogen-bond acceptors (Lipinski definition) is 3. The minimum absolute atomic E-state index is 0.0730. The van der Waals surface area contributed by atoms with Crippen molar-refractivity contribution >= 4 is 11.8 Å². The molecule has 0 saturated heterocycles. The average molecular weight is 265 g/mol. The highest BCUT2D eigenvalue weighted by molar-refractivity contribution is 8.00. The Balaban J connectivity index is 3.11. The molecule has 96 valence electrons. The summed E-state index contributed by atoms with van der Waals surface area (Å²) in [5, 5.41) is 8.59. The number of aliphatic hydroxyl groups is 1. The standard InChI is InChI=1S/C11H14F3NOS/c1-7(6-16)17-10-3-2-8(5-15)4-9(10)11(12,13)14/h2-4,7,16H,5-6,15H2,1H3. The largest absolute Gasteiger partial charge is 0.417 e. The van der Waals surface area contributed by atoms with Crippen LogP contribution in [0.4, 0.5) is 13.2 Å². The molecule has 3 N–H and O–H groups in total. The number of nitrogens with two attached hydrogens (primary N) is 1. The Bertz CT molecular complexity index is 381. The van der Waals surface area contributed by atoms with Crippen LogP contribution in [0.1, 0.15) is 18.1 Å². The molecule has 0 heterocycles. The Morgan fingerprint density at radius 3 is 2.53 bits per heavy atom. The lowest BCUT2D eigenvalue weighted by Gasteiger charge is -2.16. The summed E-state index contributed by atoms with van der Waals surface area (Å²) in [4.78, 5) is 0.122. The maximum Gasteiger partial charge on any atom is 0.417 e. The Morgan fingerprint density at radius 1 is 1.41 bits per heavy atom. The summed E-state index contributed by atoms with van der Waals surface area (Å²) < 4.78 is 38.4. The first-order valence-corrected chi connectivity index (χ1v) is 5.94. The first-order valence-electron chi connectivity index (χ1n) is 5.06. The predicted octanol–water partition coefficient (Wildman–Crippen LogP) is 2.64. The van der Waals surface area contributed by atoms with Gasteiger partial charge in [-0.05, 0) is 17.7 Å². The normalized spacial score (nSPS) is 13.8. The molecule has 1 rings (SSSR count). The molecular formula is C11H14F3NOS. The minimum Gasteiger partial charge on any atom is -0.395 e. The molecule has 0 aliphatic heterocycles. The Morgan fingerprint density at radius 2 is 2.06 bits per heavy atom. The van der Waals surface area contributed by atoms with E-state index < -0.39 is 11.7 Å². The molecule has 1 aromatic rings. The summed E-state index contributed by atoms with van der Waals surface area (Å²) in [5.41, 5.74) is 5.08. The average Bonchev–Trinajstić information content (AvgIpc) is 2.28. The fourth-order valence-corrected chi connectivity index (χ4v) is 2.24. The summed E-state index contributed by atoms with van der Waals surface area (Å²) in [6.45, 7) is 1.58. The quantitative estimate of drug-likeness (QED) is 0.823. The summed E-state index contributed by atoms with van der Waals surface area (Å²) in [6, 6.07) is 4.04. The highest BCUT2D eigenvalue weighted by Crippen LogP contribution is 2.38. The first kappa shape index (κ1) is 14.3. The number of benzene rings is 1. The van der Waals surface area contributed by atoms with Crippen LogP contribution in [0.15, 0.2) is 23.1 Å². The maximum atomic E-state index is 12.8. The Labute approximate surface area is 102 Å². The molecular weight excluding hydrogens is 251 g/mol. The van der Waals surface area contributed by atoms with E-state index in [-0.39, 0.29) is 23.3 Å². The van der Waals surface area contributed by atoms with Crippen LogP contribution in [0.3, 0.4) is 0 Å². The number of alkyl halides is 3. The molecule has 2 nitrogen and oxygen atoms in total. The highest BCUT2D eigenvalue weighted by atomic mass is 32.2. The van der Waals surface area contributed by atoms with Crippen LogP contribution in [0, 0.1) is 0 Å². The van der Waals surface area contributed by atoms with Crippen LogP contribution >= 0.6 is 11.8 Å². The van der Waals surface area contributed by atoms with Crippen molar-refractivity contribution in [1.82, 2.24) is 0 Å². The second-order valence-electron chi connectivity index (χ2n) is 3.64. The molecule has 0 bridgehead atoms. The summed E-state index contributed by atoms with van der Waals surface area (Å²) in [5.74, 6) is 0. The fraction of sp³-hybridized carbons (Fsp3) is 0.455. The smallest absolute Gasteiger partial charge is 0.395 e. The third-order valence-corrected chi connectivity index (χ3v) is 3.33. The number of halogens is 3. The second-order valence-corrected chi connectivity index (χ2v) is 5.12. The SMILES string of the molecule is CC(CO)Sc1ccc(CN)cc1C(F)(F)F. The van der Waals surface area contributed by atoms with E-state index in [0.717, 1.165) is 17.8 Å². The monoisotopic (exact) mass is 265 g/mol. The summed E-state index contributed by atoms with van der Waals surface area (Å²) in [6.07, 6.45) is -4.40. The molecule has 6 heteroatoms. The maximum absolute atomic E-state index is 12.8. The Kier molecular flexibility index (Phi) is 4.85.